The van der Waals surface area contributed by atoms with Gasteiger partial charge in [0.2, 0.25) is 6.41 Å². The number of hydrogen-bond acceptors (Lipinski definition) is 4. The Morgan fingerprint density at radius 2 is 1.95 bits per heavy atom. The summed E-state index contributed by atoms with van der Waals surface area (Å²) in [5.74, 6) is 1.14. The zero-order valence-electron chi connectivity index (χ0n) is 11.6. The number of ether oxygens (including phenoxy) is 2. The SMILES string of the molecule is COc1ccc(NC(=O)NCCCNC=O)cc1OC. The molecule has 110 valence electrons. The average Bonchev–Trinajstić information content (AvgIpc) is 2.46. The first kappa shape index (κ1) is 15.6. The number of carbonyl (C=O) groups excluding carboxylic acids is 2. The first-order chi connectivity index (χ1) is 9.71. The molecule has 1 aromatic carbocycles. The Labute approximate surface area is 117 Å². The van der Waals surface area contributed by atoms with Crippen LogP contribution in [0.5, 0.6) is 11.5 Å². The van der Waals surface area contributed by atoms with Crippen LogP contribution in [0.25, 0.3) is 0 Å². The Kier molecular flexibility index (Phi) is 6.74. The number of benzene rings is 1. The summed E-state index contributed by atoms with van der Waals surface area (Å²) >= 11 is 0. The molecule has 1 rings (SSSR count). The third-order valence-corrected chi connectivity index (χ3v) is 2.51. The summed E-state index contributed by atoms with van der Waals surface area (Å²) in [7, 11) is 3.08. The van der Waals surface area contributed by atoms with Gasteiger partial charge >= 0.3 is 6.03 Å². The minimum absolute atomic E-state index is 0.316. The van der Waals surface area contributed by atoms with E-state index in [0.717, 1.165) is 0 Å². The van der Waals surface area contributed by atoms with Crippen molar-refractivity contribution in [2.75, 3.05) is 32.6 Å². The van der Waals surface area contributed by atoms with E-state index in [1.807, 2.05) is 0 Å². The van der Waals surface area contributed by atoms with E-state index in [2.05, 4.69) is 16.0 Å². The Balaban J connectivity index is 2.43. The van der Waals surface area contributed by atoms with Crippen LogP contribution in [0.2, 0.25) is 0 Å². The van der Waals surface area contributed by atoms with Crippen LogP contribution in [0.15, 0.2) is 18.2 Å². The van der Waals surface area contributed by atoms with Gasteiger partial charge in [0.15, 0.2) is 11.5 Å². The molecular formula is C13H19N3O4. The van der Waals surface area contributed by atoms with Crippen molar-refractivity contribution in [2.24, 2.45) is 0 Å². The Hall–Kier alpha value is -2.44. The Bertz CT molecular complexity index is 451. The van der Waals surface area contributed by atoms with E-state index in [1.165, 1.54) is 7.11 Å². The van der Waals surface area contributed by atoms with Crippen molar-refractivity contribution in [2.45, 2.75) is 6.42 Å². The smallest absolute Gasteiger partial charge is 0.319 e. The van der Waals surface area contributed by atoms with Gasteiger partial charge in [0, 0.05) is 24.8 Å². The van der Waals surface area contributed by atoms with Crippen LogP contribution < -0.4 is 25.4 Å². The van der Waals surface area contributed by atoms with Crippen LogP contribution in [0.3, 0.4) is 0 Å². The lowest BCUT2D eigenvalue weighted by molar-refractivity contribution is -0.109. The molecule has 3 N–H and O–H groups in total. The number of nitrogens with one attached hydrogen (secondary N) is 3. The molecule has 0 spiro atoms. The standard InChI is InChI=1S/C13H19N3O4/c1-19-11-5-4-10(8-12(11)20-2)16-13(18)15-7-3-6-14-9-17/h4-5,8-9H,3,6-7H2,1-2H3,(H,14,17)(H2,15,16,18). The molecule has 0 aliphatic carbocycles. The highest BCUT2D eigenvalue weighted by molar-refractivity contribution is 5.89. The molecule has 0 atom stereocenters. The summed E-state index contributed by atoms with van der Waals surface area (Å²) < 4.78 is 10.3. The van der Waals surface area contributed by atoms with E-state index < -0.39 is 0 Å². The number of rotatable bonds is 8. The van der Waals surface area contributed by atoms with E-state index in [1.54, 1.807) is 25.3 Å². The maximum absolute atomic E-state index is 11.6. The molecule has 0 aliphatic heterocycles. The molecule has 20 heavy (non-hydrogen) atoms. The van der Waals surface area contributed by atoms with E-state index in [4.69, 9.17) is 9.47 Å². The van der Waals surface area contributed by atoms with E-state index in [-0.39, 0.29) is 6.03 Å². The van der Waals surface area contributed by atoms with E-state index >= 15 is 0 Å². The molecule has 0 heterocycles. The molecule has 0 bridgehead atoms. The molecule has 7 nitrogen and oxygen atoms in total. The van der Waals surface area contributed by atoms with Crippen LogP contribution in [-0.4, -0.2) is 39.8 Å². The van der Waals surface area contributed by atoms with Gasteiger partial charge in [0.05, 0.1) is 14.2 Å². The van der Waals surface area contributed by atoms with Crippen molar-refractivity contribution in [3.05, 3.63) is 18.2 Å². The van der Waals surface area contributed by atoms with Gasteiger partial charge in [-0.15, -0.1) is 0 Å². The lowest BCUT2D eigenvalue weighted by Crippen LogP contribution is -2.31. The largest absolute Gasteiger partial charge is 0.493 e. The molecule has 3 amide bonds. The summed E-state index contributed by atoms with van der Waals surface area (Å²) in [6.07, 6.45) is 1.29. The predicted molar refractivity (Wildman–Crippen MR) is 75.3 cm³/mol. The second kappa shape index (κ2) is 8.63. The highest BCUT2D eigenvalue weighted by Gasteiger charge is 2.06. The second-order valence-corrected chi connectivity index (χ2v) is 3.88. The maximum atomic E-state index is 11.6. The first-order valence-electron chi connectivity index (χ1n) is 6.15. The van der Waals surface area contributed by atoms with Gasteiger partial charge in [-0.25, -0.2) is 4.79 Å². The van der Waals surface area contributed by atoms with Crippen LogP contribution in [0.1, 0.15) is 6.42 Å². The van der Waals surface area contributed by atoms with Crippen molar-refractivity contribution in [3.63, 3.8) is 0 Å². The summed E-state index contributed by atoms with van der Waals surface area (Å²) in [6.45, 7) is 1.00. The summed E-state index contributed by atoms with van der Waals surface area (Å²) in [5.41, 5.74) is 0.603. The highest BCUT2D eigenvalue weighted by Crippen LogP contribution is 2.29. The molecule has 0 aromatic heterocycles. The van der Waals surface area contributed by atoms with Crippen molar-refractivity contribution in [3.8, 4) is 11.5 Å². The van der Waals surface area contributed by atoms with Crippen LogP contribution in [0.4, 0.5) is 10.5 Å². The number of carbonyl (C=O) groups is 2. The minimum Gasteiger partial charge on any atom is -0.493 e. The molecule has 1 aromatic rings. The molecule has 0 aliphatic rings. The maximum Gasteiger partial charge on any atom is 0.319 e. The topological polar surface area (TPSA) is 88.7 Å². The van der Waals surface area contributed by atoms with Gasteiger partial charge in [-0.1, -0.05) is 0 Å². The number of amides is 3. The van der Waals surface area contributed by atoms with Gasteiger partial charge in [0.25, 0.3) is 0 Å². The van der Waals surface area contributed by atoms with Crippen LogP contribution >= 0.6 is 0 Å². The zero-order valence-corrected chi connectivity index (χ0v) is 11.6. The fourth-order valence-electron chi connectivity index (χ4n) is 1.54. The van der Waals surface area contributed by atoms with Crippen molar-refractivity contribution in [1.29, 1.82) is 0 Å². The quantitative estimate of drug-likeness (QED) is 0.489. The van der Waals surface area contributed by atoms with Crippen LogP contribution in [0, 0.1) is 0 Å². The van der Waals surface area contributed by atoms with Gasteiger partial charge in [-0.05, 0) is 18.6 Å². The fourth-order valence-corrected chi connectivity index (χ4v) is 1.54. The number of hydrogen-bond donors (Lipinski definition) is 3. The molecule has 0 radical (unpaired) electrons. The molecule has 0 fully saturated rings. The number of urea groups is 1. The first-order valence-corrected chi connectivity index (χ1v) is 6.15. The Morgan fingerprint density at radius 1 is 1.20 bits per heavy atom. The molecule has 0 unspecified atom stereocenters. The summed E-state index contributed by atoms with van der Waals surface area (Å²) in [4.78, 5) is 21.6. The molecule has 0 saturated heterocycles. The normalized spacial score (nSPS) is 9.50. The van der Waals surface area contributed by atoms with E-state index in [0.29, 0.717) is 43.1 Å². The molecular weight excluding hydrogens is 262 g/mol. The third kappa shape index (κ3) is 5.05. The predicted octanol–water partition coefficient (Wildman–Crippen LogP) is 0.961. The third-order valence-electron chi connectivity index (χ3n) is 2.51. The molecule has 0 saturated carbocycles. The summed E-state index contributed by atoms with van der Waals surface area (Å²) in [6, 6.07) is 4.78. The fraction of sp³-hybridized carbons (Fsp3) is 0.385. The lowest BCUT2D eigenvalue weighted by Gasteiger charge is -2.11. The number of anilines is 1. The average molecular weight is 281 g/mol. The molecule has 7 heteroatoms. The minimum atomic E-state index is -0.316. The monoisotopic (exact) mass is 281 g/mol. The lowest BCUT2D eigenvalue weighted by atomic mass is 10.3. The number of methoxy groups -OCH3 is 2. The Morgan fingerprint density at radius 3 is 2.60 bits per heavy atom. The van der Waals surface area contributed by atoms with E-state index in [9.17, 15) is 9.59 Å². The van der Waals surface area contributed by atoms with Gasteiger partial charge in [-0.2, -0.15) is 0 Å². The second-order valence-electron chi connectivity index (χ2n) is 3.88. The van der Waals surface area contributed by atoms with Gasteiger partial charge in [0.1, 0.15) is 0 Å². The van der Waals surface area contributed by atoms with Gasteiger partial charge < -0.3 is 25.4 Å². The van der Waals surface area contributed by atoms with Crippen molar-refractivity contribution < 1.29 is 19.1 Å². The van der Waals surface area contributed by atoms with Crippen molar-refractivity contribution >= 4 is 18.1 Å². The van der Waals surface area contributed by atoms with Gasteiger partial charge in [-0.3, -0.25) is 4.79 Å². The zero-order chi connectivity index (χ0) is 14.8. The van der Waals surface area contributed by atoms with Crippen molar-refractivity contribution in [1.82, 2.24) is 10.6 Å². The van der Waals surface area contributed by atoms with Crippen LogP contribution in [-0.2, 0) is 4.79 Å². The summed E-state index contributed by atoms with van der Waals surface area (Å²) in [5, 5.41) is 7.88. The highest BCUT2D eigenvalue weighted by atomic mass is 16.5.